The average molecular weight is 469 g/mol. The number of phenols is 1. The summed E-state index contributed by atoms with van der Waals surface area (Å²) in [5, 5.41) is 13.3. The average Bonchev–Trinajstić information content (AvgIpc) is 3.14. The van der Waals surface area contributed by atoms with Gasteiger partial charge in [-0.05, 0) is 46.1 Å². The highest BCUT2D eigenvalue weighted by atomic mass is 31.2. The first-order valence-corrected chi connectivity index (χ1v) is 12.3. The zero-order valence-electron chi connectivity index (χ0n) is 19.3. The molecule has 0 saturated carbocycles. The predicted octanol–water partition coefficient (Wildman–Crippen LogP) is 3.99. The molecule has 0 unspecified atom stereocenters. The number of ether oxygens (including phenoxy) is 2. The SMILES string of the molecule is CCOP(=O)(CNC(=O)CC/C(C)=C/Cc1c(O)c2c(c(C)c1OC)COC2=O)OCC. The van der Waals surface area contributed by atoms with Crippen LogP contribution in [0.4, 0.5) is 0 Å². The molecule has 2 N–H and O–H groups in total. The standard InChI is InChI=1S/C22H32NO8P/c1-6-30-32(27,31-7-2)13-23-18(24)11-9-14(3)8-10-16-20(25)19-17(12-29-22(19)26)15(4)21(16)28-5/h8,25H,6-7,9-13H2,1-5H3,(H,23,24)/b14-8+. The topological polar surface area (TPSA) is 120 Å². The summed E-state index contributed by atoms with van der Waals surface area (Å²) in [4.78, 5) is 24.2. The lowest BCUT2D eigenvalue weighted by Gasteiger charge is -2.17. The van der Waals surface area contributed by atoms with Crippen molar-refractivity contribution in [2.24, 2.45) is 0 Å². The Hall–Kier alpha value is -2.35. The van der Waals surface area contributed by atoms with E-state index < -0.39 is 13.6 Å². The van der Waals surface area contributed by atoms with E-state index in [0.717, 1.165) is 11.1 Å². The van der Waals surface area contributed by atoms with E-state index in [2.05, 4.69) is 5.32 Å². The van der Waals surface area contributed by atoms with E-state index >= 15 is 0 Å². The molecule has 32 heavy (non-hydrogen) atoms. The molecule has 9 nitrogen and oxygen atoms in total. The van der Waals surface area contributed by atoms with Crippen LogP contribution in [0.5, 0.6) is 11.5 Å². The first-order chi connectivity index (χ1) is 15.2. The lowest BCUT2D eigenvalue weighted by molar-refractivity contribution is -0.120. The summed E-state index contributed by atoms with van der Waals surface area (Å²) in [6.07, 6.45) is 2.69. The Labute approximate surface area is 188 Å². The summed E-state index contributed by atoms with van der Waals surface area (Å²) < 4.78 is 33.2. The van der Waals surface area contributed by atoms with Crippen molar-refractivity contribution in [3.8, 4) is 11.5 Å². The Morgan fingerprint density at radius 3 is 2.50 bits per heavy atom. The molecule has 1 aromatic rings. The lowest BCUT2D eigenvalue weighted by Crippen LogP contribution is -2.25. The molecule has 0 aromatic heterocycles. The van der Waals surface area contributed by atoms with Gasteiger partial charge in [0.05, 0.1) is 20.3 Å². The number of phenolic OH excluding ortho intramolecular Hbond substituents is 1. The van der Waals surface area contributed by atoms with E-state index in [1.165, 1.54) is 7.11 Å². The van der Waals surface area contributed by atoms with Gasteiger partial charge in [-0.2, -0.15) is 0 Å². The van der Waals surface area contributed by atoms with Gasteiger partial charge in [0, 0.05) is 17.5 Å². The van der Waals surface area contributed by atoms with Crippen LogP contribution in [0.25, 0.3) is 0 Å². The number of rotatable bonds is 12. The van der Waals surface area contributed by atoms with E-state index in [1.807, 2.05) is 19.9 Å². The summed E-state index contributed by atoms with van der Waals surface area (Å²) in [5.41, 5.74) is 3.01. The maximum Gasteiger partial charge on any atom is 0.349 e. The van der Waals surface area contributed by atoms with Crippen molar-refractivity contribution in [1.82, 2.24) is 5.32 Å². The minimum atomic E-state index is -3.33. The predicted molar refractivity (Wildman–Crippen MR) is 119 cm³/mol. The molecule has 0 saturated heterocycles. The van der Waals surface area contributed by atoms with Crippen LogP contribution in [0.15, 0.2) is 11.6 Å². The van der Waals surface area contributed by atoms with Crippen LogP contribution in [-0.2, 0) is 36.2 Å². The number of amides is 1. The number of benzene rings is 1. The number of cyclic esters (lactones) is 1. The summed E-state index contributed by atoms with van der Waals surface area (Å²) in [6, 6.07) is 0. The minimum Gasteiger partial charge on any atom is -0.507 e. The third-order valence-corrected chi connectivity index (χ3v) is 7.02. The summed E-state index contributed by atoms with van der Waals surface area (Å²) in [6.45, 7) is 7.69. The smallest absolute Gasteiger partial charge is 0.349 e. The number of carbonyl (C=O) groups excluding carboxylic acids is 2. The second-order valence-corrected chi connectivity index (χ2v) is 9.43. The van der Waals surface area contributed by atoms with Crippen LogP contribution in [0, 0.1) is 6.92 Å². The number of carbonyl (C=O) groups is 2. The van der Waals surface area contributed by atoms with E-state index in [9.17, 15) is 19.3 Å². The van der Waals surface area contributed by atoms with E-state index in [4.69, 9.17) is 18.5 Å². The van der Waals surface area contributed by atoms with Gasteiger partial charge < -0.3 is 28.9 Å². The first-order valence-electron chi connectivity index (χ1n) is 10.6. The highest BCUT2D eigenvalue weighted by Crippen LogP contribution is 2.46. The van der Waals surface area contributed by atoms with Gasteiger partial charge in [0.15, 0.2) is 0 Å². The fourth-order valence-electron chi connectivity index (χ4n) is 3.51. The number of aromatic hydroxyl groups is 1. The van der Waals surface area contributed by atoms with Gasteiger partial charge in [-0.15, -0.1) is 0 Å². The zero-order valence-corrected chi connectivity index (χ0v) is 20.2. The molecular weight excluding hydrogens is 437 g/mol. The number of allylic oxidation sites excluding steroid dienone is 2. The van der Waals surface area contributed by atoms with Crippen molar-refractivity contribution in [2.45, 2.75) is 53.6 Å². The third kappa shape index (κ3) is 6.12. The molecule has 1 heterocycles. The maximum absolute atomic E-state index is 12.4. The van der Waals surface area contributed by atoms with Crippen LogP contribution in [0.2, 0.25) is 0 Å². The van der Waals surface area contributed by atoms with Gasteiger partial charge >= 0.3 is 13.6 Å². The number of methoxy groups -OCH3 is 1. The summed E-state index contributed by atoms with van der Waals surface area (Å²) >= 11 is 0. The largest absolute Gasteiger partial charge is 0.507 e. The van der Waals surface area contributed by atoms with Gasteiger partial charge in [-0.1, -0.05) is 11.6 Å². The second kappa shape index (κ2) is 11.5. The van der Waals surface area contributed by atoms with Gasteiger partial charge in [0.2, 0.25) is 5.91 Å². The quantitative estimate of drug-likeness (QED) is 0.268. The normalized spacial score (nSPS) is 13.7. The molecule has 2 rings (SSSR count). The molecule has 0 aliphatic carbocycles. The van der Waals surface area contributed by atoms with E-state index in [-0.39, 0.29) is 49.7 Å². The van der Waals surface area contributed by atoms with Crippen LogP contribution in [0.1, 0.15) is 60.7 Å². The highest BCUT2D eigenvalue weighted by Gasteiger charge is 2.31. The fraction of sp³-hybridized carbons (Fsp3) is 0.545. The van der Waals surface area contributed by atoms with Crippen molar-refractivity contribution < 1.29 is 37.8 Å². The number of hydrogen-bond acceptors (Lipinski definition) is 8. The Kier molecular flexibility index (Phi) is 9.31. The Bertz CT molecular complexity index is 931. The molecule has 1 aliphatic heterocycles. The molecule has 1 aliphatic rings. The van der Waals surface area contributed by atoms with Gasteiger partial charge in [-0.3, -0.25) is 9.36 Å². The van der Waals surface area contributed by atoms with Crippen LogP contribution in [-0.4, -0.2) is 43.6 Å². The van der Waals surface area contributed by atoms with Crippen molar-refractivity contribution >= 4 is 19.5 Å². The molecule has 0 radical (unpaired) electrons. The Balaban J connectivity index is 2.01. The van der Waals surface area contributed by atoms with Gasteiger partial charge in [0.25, 0.3) is 0 Å². The molecule has 1 amide bonds. The molecule has 1 aromatic carbocycles. The third-order valence-electron chi connectivity index (χ3n) is 5.17. The van der Waals surface area contributed by atoms with Crippen LogP contribution >= 0.6 is 7.60 Å². The molecule has 0 spiro atoms. The van der Waals surface area contributed by atoms with Crippen molar-refractivity contribution in [1.29, 1.82) is 0 Å². The molecular formula is C22H32NO8P. The second-order valence-electron chi connectivity index (χ2n) is 7.37. The molecule has 178 valence electrons. The maximum atomic E-state index is 12.4. The Morgan fingerprint density at radius 2 is 1.91 bits per heavy atom. The summed E-state index contributed by atoms with van der Waals surface area (Å²) in [7, 11) is -1.82. The molecule has 0 atom stereocenters. The van der Waals surface area contributed by atoms with Crippen LogP contribution < -0.4 is 10.1 Å². The molecule has 0 bridgehead atoms. The van der Waals surface area contributed by atoms with E-state index in [0.29, 0.717) is 29.7 Å². The number of nitrogens with one attached hydrogen (secondary N) is 1. The Morgan fingerprint density at radius 1 is 1.25 bits per heavy atom. The van der Waals surface area contributed by atoms with Crippen molar-refractivity contribution in [3.63, 3.8) is 0 Å². The number of fused-ring (bicyclic) bond motifs is 1. The summed E-state index contributed by atoms with van der Waals surface area (Å²) in [5.74, 6) is -0.425. The number of hydrogen-bond donors (Lipinski definition) is 2. The van der Waals surface area contributed by atoms with Crippen molar-refractivity contribution in [2.75, 3.05) is 26.6 Å². The highest BCUT2D eigenvalue weighted by molar-refractivity contribution is 7.53. The fourth-order valence-corrected chi connectivity index (χ4v) is 4.93. The molecule has 10 heteroatoms. The zero-order chi connectivity index (χ0) is 23.9. The number of esters is 1. The van der Waals surface area contributed by atoms with Crippen molar-refractivity contribution in [3.05, 3.63) is 33.9 Å². The lowest BCUT2D eigenvalue weighted by atomic mass is 9.94. The van der Waals surface area contributed by atoms with Gasteiger partial charge in [0.1, 0.15) is 30.0 Å². The van der Waals surface area contributed by atoms with Crippen LogP contribution in [0.3, 0.4) is 0 Å². The van der Waals surface area contributed by atoms with Gasteiger partial charge in [-0.25, -0.2) is 4.79 Å². The minimum absolute atomic E-state index is 0.119. The van der Waals surface area contributed by atoms with E-state index in [1.54, 1.807) is 13.8 Å². The monoisotopic (exact) mass is 469 g/mol. The first kappa shape index (κ1) is 25.9. The molecule has 0 fully saturated rings.